The minimum Gasteiger partial charge on any atom is -0.344 e. The number of nitriles is 1. The second-order valence-electron chi connectivity index (χ2n) is 5.44. The molecule has 1 saturated heterocycles. The summed E-state index contributed by atoms with van der Waals surface area (Å²) in [6, 6.07) is 16.9. The van der Waals surface area contributed by atoms with Crippen molar-refractivity contribution in [1.82, 2.24) is 4.90 Å². The predicted molar refractivity (Wildman–Crippen MR) is 97.7 cm³/mol. The number of anilines is 1. The highest BCUT2D eigenvalue weighted by Gasteiger charge is 2.30. The molecule has 120 valence electrons. The zero-order valence-corrected chi connectivity index (χ0v) is 14.3. The van der Waals surface area contributed by atoms with Gasteiger partial charge in [-0.15, -0.1) is 0 Å². The maximum atomic E-state index is 12.4. The van der Waals surface area contributed by atoms with Crippen LogP contribution in [0.1, 0.15) is 17.5 Å². The van der Waals surface area contributed by atoms with E-state index in [2.05, 4.69) is 0 Å². The zero-order valence-electron chi connectivity index (χ0n) is 12.8. The average Bonchev–Trinajstić information content (AvgIpc) is 2.59. The van der Waals surface area contributed by atoms with Gasteiger partial charge in [0.15, 0.2) is 5.11 Å². The van der Waals surface area contributed by atoms with Crippen molar-refractivity contribution in [1.29, 1.82) is 5.26 Å². The van der Waals surface area contributed by atoms with Gasteiger partial charge in [-0.3, -0.25) is 9.69 Å². The summed E-state index contributed by atoms with van der Waals surface area (Å²) in [6.07, 6.45) is 0.380. The van der Waals surface area contributed by atoms with Crippen LogP contribution in [0.4, 0.5) is 5.69 Å². The van der Waals surface area contributed by atoms with Crippen molar-refractivity contribution in [3.8, 4) is 6.07 Å². The normalized spacial score (nSPS) is 14.7. The predicted octanol–water partition coefficient (Wildman–Crippen LogP) is 3.74. The number of thiocarbonyl (C=S) groups is 1. The third-order valence-corrected chi connectivity index (χ3v) is 4.61. The number of halogens is 1. The molecule has 0 aromatic heterocycles. The fourth-order valence-corrected chi connectivity index (χ4v) is 3.20. The maximum absolute atomic E-state index is 12.4. The summed E-state index contributed by atoms with van der Waals surface area (Å²) < 4.78 is 0. The standard InChI is InChI=1S/C18H14ClN3OS/c19-16-10-15(7-6-14(16)11-20)22-17(23)8-9-21(18(22)24)12-13-4-2-1-3-5-13/h1-7,10H,8-9,12H2. The Bertz CT molecular complexity index is 832. The third-order valence-electron chi connectivity index (χ3n) is 3.85. The summed E-state index contributed by atoms with van der Waals surface area (Å²) in [7, 11) is 0. The number of hydrogen-bond acceptors (Lipinski definition) is 3. The van der Waals surface area contributed by atoms with Crippen LogP contribution < -0.4 is 4.90 Å². The van der Waals surface area contributed by atoms with Gasteiger partial charge >= 0.3 is 0 Å². The summed E-state index contributed by atoms with van der Waals surface area (Å²) in [5, 5.41) is 9.75. The van der Waals surface area contributed by atoms with E-state index in [0.717, 1.165) is 5.56 Å². The van der Waals surface area contributed by atoms with Crippen molar-refractivity contribution in [3.05, 3.63) is 64.7 Å². The molecule has 6 heteroatoms. The van der Waals surface area contributed by atoms with E-state index in [-0.39, 0.29) is 5.91 Å². The van der Waals surface area contributed by atoms with Crippen LogP contribution in [0.2, 0.25) is 5.02 Å². The number of benzene rings is 2. The van der Waals surface area contributed by atoms with E-state index in [1.807, 2.05) is 41.3 Å². The van der Waals surface area contributed by atoms with E-state index in [0.29, 0.717) is 40.9 Å². The lowest BCUT2D eigenvalue weighted by Crippen LogP contribution is -2.52. The molecule has 0 saturated carbocycles. The lowest BCUT2D eigenvalue weighted by atomic mass is 10.1. The molecule has 4 nitrogen and oxygen atoms in total. The second kappa shape index (κ2) is 7.00. The molecule has 1 heterocycles. The third kappa shape index (κ3) is 3.25. The van der Waals surface area contributed by atoms with E-state index < -0.39 is 0 Å². The largest absolute Gasteiger partial charge is 0.344 e. The first-order valence-electron chi connectivity index (χ1n) is 7.45. The van der Waals surface area contributed by atoms with E-state index in [1.54, 1.807) is 18.2 Å². The van der Waals surface area contributed by atoms with Crippen molar-refractivity contribution >= 4 is 40.5 Å². The Balaban J connectivity index is 1.87. The minimum absolute atomic E-state index is 0.0647. The minimum atomic E-state index is -0.0647. The van der Waals surface area contributed by atoms with Crippen LogP contribution in [-0.2, 0) is 11.3 Å². The molecule has 0 spiro atoms. The molecule has 0 N–H and O–H groups in total. The molecular weight excluding hydrogens is 342 g/mol. The molecule has 0 aliphatic carbocycles. The highest BCUT2D eigenvalue weighted by molar-refractivity contribution is 7.80. The Morgan fingerprint density at radius 2 is 1.96 bits per heavy atom. The quantitative estimate of drug-likeness (QED) is 0.787. The fourth-order valence-electron chi connectivity index (χ4n) is 2.62. The monoisotopic (exact) mass is 355 g/mol. The first-order valence-corrected chi connectivity index (χ1v) is 8.24. The van der Waals surface area contributed by atoms with E-state index in [4.69, 9.17) is 29.1 Å². The molecule has 1 fully saturated rings. The molecule has 2 aromatic rings. The summed E-state index contributed by atoms with van der Waals surface area (Å²) in [4.78, 5) is 15.9. The van der Waals surface area contributed by atoms with Gasteiger partial charge in [0.2, 0.25) is 5.91 Å². The van der Waals surface area contributed by atoms with E-state index in [1.165, 1.54) is 4.90 Å². The van der Waals surface area contributed by atoms with Crippen LogP contribution in [0.15, 0.2) is 48.5 Å². The van der Waals surface area contributed by atoms with Crippen LogP contribution in [0.3, 0.4) is 0 Å². The molecule has 0 unspecified atom stereocenters. The van der Waals surface area contributed by atoms with Gasteiger partial charge in [0.05, 0.1) is 16.3 Å². The second-order valence-corrected chi connectivity index (χ2v) is 6.22. The highest BCUT2D eigenvalue weighted by atomic mass is 35.5. The van der Waals surface area contributed by atoms with Gasteiger partial charge < -0.3 is 4.90 Å². The molecule has 24 heavy (non-hydrogen) atoms. The van der Waals surface area contributed by atoms with Gasteiger partial charge in [0, 0.05) is 19.5 Å². The smallest absolute Gasteiger partial charge is 0.235 e. The average molecular weight is 356 g/mol. The van der Waals surface area contributed by atoms with Gasteiger partial charge in [-0.05, 0) is 36.0 Å². The number of carbonyl (C=O) groups is 1. The summed E-state index contributed by atoms with van der Waals surface area (Å²) in [5.74, 6) is -0.0647. The summed E-state index contributed by atoms with van der Waals surface area (Å²) >= 11 is 11.6. The van der Waals surface area contributed by atoms with Gasteiger partial charge in [-0.2, -0.15) is 5.26 Å². The Morgan fingerprint density at radius 3 is 2.62 bits per heavy atom. The van der Waals surface area contributed by atoms with Gasteiger partial charge in [-0.1, -0.05) is 41.9 Å². The SMILES string of the molecule is N#Cc1ccc(N2C(=O)CCN(Cc3ccccc3)C2=S)cc1Cl. The first-order chi connectivity index (χ1) is 11.6. The van der Waals surface area contributed by atoms with Crippen molar-refractivity contribution in [2.24, 2.45) is 0 Å². The van der Waals surface area contributed by atoms with Crippen molar-refractivity contribution in [2.75, 3.05) is 11.4 Å². The Kier molecular flexibility index (Phi) is 4.79. The Hall–Kier alpha value is -2.42. The van der Waals surface area contributed by atoms with Crippen LogP contribution >= 0.6 is 23.8 Å². The van der Waals surface area contributed by atoms with Crippen molar-refractivity contribution in [3.63, 3.8) is 0 Å². The van der Waals surface area contributed by atoms with Gasteiger partial charge in [-0.25, -0.2) is 0 Å². The number of amides is 1. The zero-order chi connectivity index (χ0) is 17.1. The molecule has 1 amide bonds. The van der Waals surface area contributed by atoms with Crippen LogP contribution in [0.25, 0.3) is 0 Å². The van der Waals surface area contributed by atoms with Crippen LogP contribution in [0.5, 0.6) is 0 Å². The van der Waals surface area contributed by atoms with Crippen molar-refractivity contribution in [2.45, 2.75) is 13.0 Å². The molecular formula is C18H14ClN3OS. The first kappa shape index (κ1) is 16.4. The molecule has 3 rings (SSSR count). The van der Waals surface area contributed by atoms with E-state index >= 15 is 0 Å². The summed E-state index contributed by atoms with van der Waals surface area (Å²) in [5.41, 5.74) is 2.09. The number of hydrogen-bond donors (Lipinski definition) is 0. The Morgan fingerprint density at radius 1 is 1.21 bits per heavy atom. The van der Waals surface area contributed by atoms with Crippen LogP contribution in [-0.4, -0.2) is 22.5 Å². The molecule has 0 atom stereocenters. The Labute approximate surface area is 150 Å². The lowest BCUT2D eigenvalue weighted by molar-refractivity contribution is -0.118. The van der Waals surface area contributed by atoms with Gasteiger partial charge in [0.1, 0.15) is 6.07 Å². The van der Waals surface area contributed by atoms with Gasteiger partial charge in [0.25, 0.3) is 0 Å². The van der Waals surface area contributed by atoms with Crippen molar-refractivity contribution < 1.29 is 4.79 Å². The number of nitrogens with zero attached hydrogens (tertiary/aromatic N) is 3. The molecule has 1 aliphatic rings. The highest BCUT2D eigenvalue weighted by Crippen LogP contribution is 2.27. The topological polar surface area (TPSA) is 47.3 Å². The lowest BCUT2D eigenvalue weighted by Gasteiger charge is -2.37. The fraction of sp³-hybridized carbons (Fsp3) is 0.167. The molecule has 0 bridgehead atoms. The van der Waals surface area contributed by atoms with Crippen LogP contribution in [0, 0.1) is 11.3 Å². The molecule has 1 aliphatic heterocycles. The molecule has 0 radical (unpaired) electrons. The number of rotatable bonds is 3. The maximum Gasteiger partial charge on any atom is 0.235 e. The van der Waals surface area contributed by atoms with E-state index in [9.17, 15) is 4.79 Å². The number of carbonyl (C=O) groups excluding carboxylic acids is 1. The molecule has 2 aromatic carbocycles. The summed E-state index contributed by atoms with van der Waals surface area (Å²) in [6.45, 7) is 1.24.